The van der Waals surface area contributed by atoms with Gasteiger partial charge in [-0.1, -0.05) is 0 Å². The Labute approximate surface area is 102 Å². The van der Waals surface area contributed by atoms with Crippen LogP contribution in [0.15, 0.2) is 22.8 Å². The van der Waals surface area contributed by atoms with E-state index in [-0.39, 0.29) is 0 Å². The molecule has 0 aromatic carbocycles. The molecule has 2 heterocycles. The molecule has 1 aromatic heterocycles. The van der Waals surface area contributed by atoms with Crippen LogP contribution in [0.2, 0.25) is 0 Å². The third kappa shape index (κ3) is 3.55. The van der Waals surface area contributed by atoms with E-state index in [1.54, 1.807) is 6.26 Å². The third-order valence-electron chi connectivity index (χ3n) is 3.07. The summed E-state index contributed by atoms with van der Waals surface area (Å²) in [5.41, 5.74) is 0. The van der Waals surface area contributed by atoms with E-state index in [2.05, 4.69) is 5.32 Å². The van der Waals surface area contributed by atoms with Crippen LogP contribution in [0.3, 0.4) is 0 Å². The highest BCUT2D eigenvalue weighted by Gasteiger charge is 2.24. The lowest BCUT2D eigenvalue weighted by atomic mass is 10.1. The van der Waals surface area contributed by atoms with Gasteiger partial charge in [-0.15, -0.1) is 0 Å². The molecule has 0 bridgehead atoms. The first-order valence-electron chi connectivity index (χ1n) is 5.76. The highest BCUT2D eigenvalue weighted by Crippen LogP contribution is 2.13. The van der Waals surface area contributed by atoms with Gasteiger partial charge >= 0.3 is 0 Å². The van der Waals surface area contributed by atoms with Crippen LogP contribution in [0.1, 0.15) is 18.6 Å². The summed E-state index contributed by atoms with van der Waals surface area (Å²) in [5, 5.41) is 3.38. The van der Waals surface area contributed by atoms with Crippen LogP contribution in [-0.2, 0) is 16.6 Å². The Morgan fingerprint density at radius 2 is 2.18 bits per heavy atom. The quantitative estimate of drug-likeness (QED) is 0.867. The summed E-state index contributed by atoms with van der Waals surface area (Å²) >= 11 is 0. The second-order valence-electron chi connectivity index (χ2n) is 4.40. The Balaban J connectivity index is 1.76. The first-order chi connectivity index (χ1) is 8.05. The Bertz CT molecular complexity index is 433. The largest absolute Gasteiger partial charge is 0.468 e. The van der Waals surface area contributed by atoms with Crippen molar-refractivity contribution in [3.8, 4) is 0 Å². The van der Waals surface area contributed by atoms with Crippen molar-refractivity contribution in [1.82, 2.24) is 9.62 Å². The number of nitrogens with one attached hydrogen (secondary N) is 1. The first kappa shape index (κ1) is 12.6. The van der Waals surface area contributed by atoms with Crippen molar-refractivity contribution in [2.45, 2.75) is 25.4 Å². The van der Waals surface area contributed by atoms with Crippen molar-refractivity contribution >= 4 is 10.0 Å². The zero-order valence-corrected chi connectivity index (χ0v) is 10.7. The number of hydrogen-bond acceptors (Lipinski definition) is 4. The summed E-state index contributed by atoms with van der Waals surface area (Å²) in [6.07, 6.45) is 4.63. The zero-order chi connectivity index (χ0) is 12.3. The second-order valence-corrected chi connectivity index (χ2v) is 6.38. The summed E-state index contributed by atoms with van der Waals surface area (Å²) < 4.78 is 29.4. The predicted octanol–water partition coefficient (Wildman–Crippen LogP) is 0.793. The predicted molar refractivity (Wildman–Crippen MR) is 65.0 cm³/mol. The number of rotatable bonds is 4. The average Bonchev–Trinajstić information content (AvgIpc) is 2.78. The summed E-state index contributed by atoms with van der Waals surface area (Å²) in [4.78, 5) is 0. The topological polar surface area (TPSA) is 62.6 Å². The van der Waals surface area contributed by atoms with E-state index >= 15 is 0 Å². The summed E-state index contributed by atoms with van der Waals surface area (Å²) in [6, 6.07) is 4.17. The molecule has 96 valence electrons. The van der Waals surface area contributed by atoms with Gasteiger partial charge in [0.15, 0.2) is 0 Å². The van der Waals surface area contributed by atoms with Crippen LogP contribution in [-0.4, -0.2) is 38.1 Å². The molecule has 6 heteroatoms. The molecule has 1 N–H and O–H groups in total. The minimum Gasteiger partial charge on any atom is -0.468 e. The molecule has 0 amide bonds. The van der Waals surface area contributed by atoms with Gasteiger partial charge in [0.25, 0.3) is 0 Å². The summed E-state index contributed by atoms with van der Waals surface area (Å²) in [7, 11) is -3.02. The second kappa shape index (κ2) is 5.20. The van der Waals surface area contributed by atoms with Gasteiger partial charge < -0.3 is 9.73 Å². The van der Waals surface area contributed by atoms with Crippen LogP contribution in [0.25, 0.3) is 0 Å². The van der Waals surface area contributed by atoms with Crippen molar-refractivity contribution < 1.29 is 12.8 Å². The molecule has 1 aliphatic heterocycles. The highest BCUT2D eigenvalue weighted by atomic mass is 32.2. The Hall–Kier alpha value is -0.850. The average molecular weight is 258 g/mol. The maximum Gasteiger partial charge on any atom is 0.211 e. The molecular formula is C11H18N2O3S. The molecule has 1 aromatic rings. The van der Waals surface area contributed by atoms with Crippen molar-refractivity contribution in [2.75, 3.05) is 19.3 Å². The number of hydrogen-bond donors (Lipinski definition) is 1. The van der Waals surface area contributed by atoms with Crippen LogP contribution < -0.4 is 5.32 Å². The standard InChI is InChI=1S/C11H18N2O3S/c1-17(14,15)13-6-4-10(5-7-13)12-9-11-3-2-8-16-11/h2-3,8,10,12H,4-7,9H2,1H3. The molecule has 0 unspecified atom stereocenters. The van der Waals surface area contributed by atoms with Gasteiger partial charge in [0.1, 0.15) is 5.76 Å². The minimum atomic E-state index is -3.02. The number of furan rings is 1. The third-order valence-corrected chi connectivity index (χ3v) is 4.37. The van der Waals surface area contributed by atoms with Crippen LogP contribution in [0.4, 0.5) is 0 Å². The monoisotopic (exact) mass is 258 g/mol. The number of piperidine rings is 1. The molecular weight excluding hydrogens is 240 g/mol. The normalized spacial score (nSPS) is 19.6. The maximum atomic E-state index is 11.3. The highest BCUT2D eigenvalue weighted by molar-refractivity contribution is 7.88. The van der Waals surface area contributed by atoms with Gasteiger partial charge in [-0.3, -0.25) is 0 Å². The Morgan fingerprint density at radius 3 is 2.71 bits per heavy atom. The summed E-state index contributed by atoms with van der Waals surface area (Å²) in [6.45, 7) is 1.92. The van der Waals surface area contributed by atoms with Crippen LogP contribution in [0, 0.1) is 0 Å². The van der Waals surface area contributed by atoms with E-state index in [0.29, 0.717) is 25.7 Å². The lowest BCUT2D eigenvalue weighted by molar-refractivity contribution is 0.285. The maximum absolute atomic E-state index is 11.3. The summed E-state index contributed by atoms with van der Waals surface area (Å²) in [5.74, 6) is 0.913. The lowest BCUT2D eigenvalue weighted by Gasteiger charge is -2.30. The van der Waals surface area contributed by atoms with Crippen molar-refractivity contribution in [3.05, 3.63) is 24.2 Å². The van der Waals surface area contributed by atoms with E-state index in [9.17, 15) is 8.42 Å². The molecule has 1 fully saturated rings. The van der Waals surface area contributed by atoms with Crippen molar-refractivity contribution in [1.29, 1.82) is 0 Å². The van der Waals surface area contributed by atoms with E-state index in [1.165, 1.54) is 10.6 Å². The Morgan fingerprint density at radius 1 is 1.47 bits per heavy atom. The first-order valence-corrected chi connectivity index (χ1v) is 7.61. The molecule has 5 nitrogen and oxygen atoms in total. The fourth-order valence-corrected chi connectivity index (χ4v) is 2.92. The SMILES string of the molecule is CS(=O)(=O)N1CCC(NCc2ccco2)CC1. The van der Waals surface area contributed by atoms with E-state index in [0.717, 1.165) is 18.6 Å². The molecule has 1 aliphatic rings. The fourth-order valence-electron chi connectivity index (χ4n) is 2.05. The van der Waals surface area contributed by atoms with Crippen LogP contribution >= 0.6 is 0 Å². The van der Waals surface area contributed by atoms with E-state index < -0.39 is 10.0 Å². The molecule has 1 saturated heterocycles. The van der Waals surface area contributed by atoms with Gasteiger partial charge in [-0.05, 0) is 25.0 Å². The molecule has 2 rings (SSSR count). The zero-order valence-electron chi connectivity index (χ0n) is 9.93. The molecule has 17 heavy (non-hydrogen) atoms. The minimum absolute atomic E-state index is 0.373. The number of nitrogens with zero attached hydrogens (tertiary/aromatic N) is 1. The van der Waals surface area contributed by atoms with E-state index in [1.807, 2.05) is 12.1 Å². The Kier molecular flexibility index (Phi) is 3.86. The van der Waals surface area contributed by atoms with E-state index in [4.69, 9.17) is 4.42 Å². The van der Waals surface area contributed by atoms with Gasteiger partial charge in [0, 0.05) is 19.1 Å². The fraction of sp³-hybridized carbons (Fsp3) is 0.636. The molecule has 0 aliphatic carbocycles. The van der Waals surface area contributed by atoms with Gasteiger partial charge in [0.2, 0.25) is 10.0 Å². The smallest absolute Gasteiger partial charge is 0.211 e. The van der Waals surface area contributed by atoms with Gasteiger partial charge in [-0.25, -0.2) is 12.7 Å². The van der Waals surface area contributed by atoms with Gasteiger partial charge in [0.05, 0.1) is 19.1 Å². The molecule has 0 atom stereocenters. The molecule has 0 saturated carbocycles. The van der Waals surface area contributed by atoms with Gasteiger partial charge in [-0.2, -0.15) is 0 Å². The number of sulfonamides is 1. The molecule has 0 spiro atoms. The molecule has 0 radical (unpaired) electrons. The van der Waals surface area contributed by atoms with Crippen molar-refractivity contribution in [3.63, 3.8) is 0 Å². The van der Waals surface area contributed by atoms with Crippen LogP contribution in [0.5, 0.6) is 0 Å². The van der Waals surface area contributed by atoms with Crippen molar-refractivity contribution in [2.24, 2.45) is 0 Å². The lowest BCUT2D eigenvalue weighted by Crippen LogP contribution is -2.44.